The molecule has 3 heterocycles. The first kappa shape index (κ1) is 24.4. The molecule has 0 unspecified atom stereocenters. The van der Waals surface area contributed by atoms with Crippen LogP contribution in [-0.2, 0) is 12.0 Å². The van der Waals surface area contributed by atoms with Crippen molar-refractivity contribution in [2.75, 3.05) is 24.5 Å². The molecule has 0 saturated carbocycles. The smallest absolute Gasteiger partial charge is 0.256 e. The molecule has 0 aliphatic carbocycles. The van der Waals surface area contributed by atoms with E-state index in [0.717, 1.165) is 36.4 Å². The Labute approximate surface area is 216 Å². The Morgan fingerprint density at radius 2 is 1.92 bits per heavy atom. The van der Waals surface area contributed by atoms with E-state index in [1.807, 2.05) is 53.9 Å². The summed E-state index contributed by atoms with van der Waals surface area (Å²) in [7, 11) is 0. The maximum atomic E-state index is 13.2. The van der Waals surface area contributed by atoms with Crippen molar-refractivity contribution in [1.82, 2.24) is 10.6 Å². The molecule has 0 bridgehead atoms. The maximum Gasteiger partial charge on any atom is 0.256 e. The van der Waals surface area contributed by atoms with E-state index in [-0.39, 0.29) is 17.1 Å². The Morgan fingerprint density at radius 1 is 1.14 bits per heavy atom. The molecule has 6 nitrogen and oxygen atoms in total. The van der Waals surface area contributed by atoms with Gasteiger partial charge >= 0.3 is 0 Å². The second-order valence-corrected chi connectivity index (χ2v) is 11.2. The molecule has 36 heavy (non-hydrogen) atoms. The van der Waals surface area contributed by atoms with Crippen LogP contribution >= 0.6 is 11.3 Å². The van der Waals surface area contributed by atoms with Gasteiger partial charge in [-0.25, -0.2) is 0 Å². The second-order valence-electron chi connectivity index (χ2n) is 10.3. The molecule has 1 fully saturated rings. The summed E-state index contributed by atoms with van der Waals surface area (Å²) in [6.07, 6.45) is 0.420. The van der Waals surface area contributed by atoms with Crippen LogP contribution in [0.3, 0.4) is 0 Å². The molecule has 0 radical (unpaired) electrons. The first-order valence-electron chi connectivity index (χ1n) is 12.4. The number of amidine groups is 1. The number of Topliss-reactive ketones (excluding diaryl/α,β-unsaturated/α-hetero) is 1. The molecule has 2 aliphatic rings. The normalized spacial score (nSPS) is 17.5. The monoisotopic (exact) mass is 500 g/mol. The zero-order valence-electron chi connectivity index (χ0n) is 21.0. The summed E-state index contributed by atoms with van der Waals surface area (Å²) < 4.78 is 0. The highest BCUT2D eigenvalue weighted by atomic mass is 32.1. The Bertz CT molecular complexity index is 1300. The molecule has 2 N–H and O–H groups in total. The average Bonchev–Trinajstić information content (AvgIpc) is 3.55. The number of fused-ring (bicyclic) bond motifs is 1. The predicted molar refractivity (Wildman–Crippen MR) is 147 cm³/mol. The maximum absolute atomic E-state index is 13.2. The van der Waals surface area contributed by atoms with E-state index >= 15 is 0 Å². The van der Waals surface area contributed by atoms with Crippen LogP contribution in [0.15, 0.2) is 65.0 Å². The van der Waals surface area contributed by atoms with Gasteiger partial charge in [-0.1, -0.05) is 32.0 Å². The molecule has 1 aromatic heterocycles. The van der Waals surface area contributed by atoms with Crippen LogP contribution in [0, 0.1) is 0 Å². The lowest BCUT2D eigenvalue weighted by atomic mass is 9.84. The van der Waals surface area contributed by atoms with Crippen LogP contribution in [0.2, 0.25) is 0 Å². The van der Waals surface area contributed by atoms with Gasteiger partial charge in [-0.05, 0) is 54.3 Å². The fourth-order valence-electron chi connectivity index (χ4n) is 4.89. The quantitative estimate of drug-likeness (QED) is 0.478. The highest BCUT2D eigenvalue weighted by Crippen LogP contribution is 2.32. The van der Waals surface area contributed by atoms with E-state index in [9.17, 15) is 9.59 Å². The van der Waals surface area contributed by atoms with Crippen LogP contribution in [0.4, 0.5) is 5.69 Å². The number of nitrogens with one attached hydrogen (secondary N) is 2. The number of anilines is 1. The summed E-state index contributed by atoms with van der Waals surface area (Å²) in [5.41, 5.74) is 3.97. The number of nitrogens with zero attached hydrogens (tertiary/aromatic N) is 2. The van der Waals surface area contributed by atoms with Crippen molar-refractivity contribution in [2.45, 2.75) is 45.2 Å². The number of hydrogen-bond acceptors (Lipinski definition) is 6. The van der Waals surface area contributed by atoms with Crippen molar-refractivity contribution in [1.29, 1.82) is 0 Å². The zero-order valence-corrected chi connectivity index (χ0v) is 21.8. The lowest BCUT2D eigenvalue weighted by Crippen LogP contribution is -2.49. The molecular formula is C29H32N4O2S. The van der Waals surface area contributed by atoms with Gasteiger partial charge in [0, 0.05) is 64.8 Å². The molecular weight excluding hydrogens is 468 g/mol. The molecule has 2 aliphatic heterocycles. The van der Waals surface area contributed by atoms with E-state index < -0.39 is 0 Å². The number of thiophene rings is 1. The average molecular weight is 501 g/mol. The van der Waals surface area contributed by atoms with Crippen LogP contribution in [0.5, 0.6) is 0 Å². The van der Waals surface area contributed by atoms with Gasteiger partial charge in [0.1, 0.15) is 5.84 Å². The Balaban J connectivity index is 1.27. The van der Waals surface area contributed by atoms with Gasteiger partial charge in [-0.3, -0.25) is 14.6 Å². The van der Waals surface area contributed by atoms with Gasteiger partial charge < -0.3 is 15.5 Å². The van der Waals surface area contributed by atoms with Gasteiger partial charge in [0.05, 0.1) is 6.54 Å². The molecule has 1 atom stereocenters. The number of rotatable bonds is 6. The van der Waals surface area contributed by atoms with E-state index in [4.69, 9.17) is 0 Å². The number of piperazine rings is 1. The lowest BCUT2D eigenvalue weighted by Gasteiger charge is -2.33. The fraction of sp³-hybridized carbons (Fsp3) is 0.345. The highest BCUT2D eigenvalue weighted by Gasteiger charge is 2.27. The Morgan fingerprint density at radius 3 is 2.64 bits per heavy atom. The third kappa shape index (κ3) is 5.13. The summed E-state index contributed by atoms with van der Waals surface area (Å²) in [5.74, 6) is 0.422. The number of carbonyl (C=O) groups is 2. The van der Waals surface area contributed by atoms with E-state index in [1.54, 1.807) is 11.3 Å². The van der Waals surface area contributed by atoms with Gasteiger partial charge in [0.2, 0.25) is 0 Å². The Hall–Kier alpha value is -3.29. The minimum atomic E-state index is -0.232. The largest absolute Gasteiger partial charge is 0.369 e. The van der Waals surface area contributed by atoms with Gasteiger partial charge in [-0.2, -0.15) is 0 Å². The molecule has 0 spiro atoms. The number of carbonyl (C=O) groups excluding carboxylic acids is 2. The molecule has 2 aromatic carbocycles. The number of hydrogen-bond donors (Lipinski definition) is 2. The summed E-state index contributed by atoms with van der Waals surface area (Å²) in [6.45, 7) is 9.74. The SMILES string of the molecule is C[C@H]1CN(c2ccc(C(=O)NC3=NCc4ccc(C(=O)CC(C)(C)c5cccs5)cc43)cc2)CCN1. The van der Waals surface area contributed by atoms with Gasteiger partial charge in [0.25, 0.3) is 5.91 Å². The summed E-state index contributed by atoms with van der Waals surface area (Å²) in [4.78, 5) is 34.2. The fourth-order valence-corrected chi connectivity index (χ4v) is 5.74. The topological polar surface area (TPSA) is 73.8 Å². The second kappa shape index (κ2) is 9.99. The van der Waals surface area contributed by atoms with Crippen molar-refractivity contribution in [3.05, 3.63) is 87.1 Å². The minimum absolute atomic E-state index is 0.0894. The van der Waals surface area contributed by atoms with Crippen molar-refractivity contribution >= 4 is 34.6 Å². The Kier molecular flexibility index (Phi) is 6.77. The van der Waals surface area contributed by atoms with Crippen LogP contribution < -0.4 is 15.5 Å². The third-order valence-electron chi connectivity index (χ3n) is 6.98. The highest BCUT2D eigenvalue weighted by molar-refractivity contribution is 7.10. The molecule has 7 heteroatoms. The minimum Gasteiger partial charge on any atom is -0.369 e. The summed E-state index contributed by atoms with van der Waals surface area (Å²) in [5, 5.41) is 8.46. The van der Waals surface area contributed by atoms with Crippen LogP contribution in [-0.4, -0.2) is 43.2 Å². The van der Waals surface area contributed by atoms with Crippen LogP contribution in [0.1, 0.15) is 63.9 Å². The van der Waals surface area contributed by atoms with Gasteiger partial charge in [0.15, 0.2) is 5.78 Å². The van der Waals surface area contributed by atoms with Crippen LogP contribution in [0.25, 0.3) is 0 Å². The molecule has 186 valence electrons. The standard InChI is InChI=1S/C29H32N4O2S/c1-19-18-33(13-12-30-19)23-10-8-20(9-11-23)28(35)32-27-24-15-21(6-7-22(24)17-31-27)25(34)16-29(2,3)26-5-4-14-36-26/h4-11,14-15,19,30H,12-13,16-18H2,1-3H3,(H,31,32,35)/t19-/m0/s1. The number of amides is 1. The van der Waals surface area contributed by atoms with Gasteiger partial charge in [-0.15, -0.1) is 11.3 Å². The van der Waals surface area contributed by atoms with Crippen molar-refractivity contribution < 1.29 is 9.59 Å². The zero-order chi connectivity index (χ0) is 25.3. The first-order valence-corrected chi connectivity index (χ1v) is 13.3. The van der Waals surface area contributed by atoms with Crippen molar-refractivity contribution in [2.24, 2.45) is 4.99 Å². The molecule has 3 aromatic rings. The third-order valence-corrected chi connectivity index (χ3v) is 8.22. The van der Waals surface area contributed by atoms with Crippen molar-refractivity contribution in [3.63, 3.8) is 0 Å². The van der Waals surface area contributed by atoms with E-state index in [0.29, 0.717) is 36.0 Å². The van der Waals surface area contributed by atoms with E-state index in [2.05, 4.69) is 47.4 Å². The molecule has 1 saturated heterocycles. The first-order chi connectivity index (χ1) is 17.3. The molecule has 1 amide bonds. The molecule has 5 rings (SSSR count). The number of aliphatic imine (C=N–C) groups is 1. The predicted octanol–water partition coefficient (Wildman–Crippen LogP) is 4.79. The van der Waals surface area contributed by atoms with Crippen molar-refractivity contribution in [3.8, 4) is 0 Å². The number of ketones is 1. The van der Waals surface area contributed by atoms with E-state index in [1.165, 1.54) is 4.88 Å². The number of benzene rings is 2. The summed E-state index contributed by atoms with van der Waals surface area (Å²) >= 11 is 1.68. The lowest BCUT2D eigenvalue weighted by molar-refractivity contribution is 0.0956. The summed E-state index contributed by atoms with van der Waals surface area (Å²) in [6, 6.07) is 18.0.